The fraction of sp³-hybridized carbons (Fsp3) is 0.111. The third-order valence-corrected chi connectivity index (χ3v) is 2.45. The molecule has 0 spiro atoms. The Hall–Kier alpha value is -1.55. The SMILES string of the molecule is Cc1cccc(-c2nc(N)n[nH]2)c1Cl. The second-order valence-corrected chi connectivity index (χ2v) is 3.36. The van der Waals surface area contributed by atoms with Crippen molar-refractivity contribution in [3.8, 4) is 11.4 Å². The molecule has 0 bridgehead atoms. The second-order valence-electron chi connectivity index (χ2n) is 2.98. The summed E-state index contributed by atoms with van der Waals surface area (Å²) in [6.45, 7) is 1.94. The summed E-state index contributed by atoms with van der Waals surface area (Å²) >= 11 is 6.11. The molecule has 0 saturated carbocycles. The summed E-state index contributed by atoms with van der Waals surface area (Å²) in [6, 6.07) is 5.72. The van der Waals surface area contributed by atoms with Gasteiger partial charge in [-0.05, 0) is 18.6 Å². The number of H-pyrrole nitrogens is 1. The summed E-state index contributed by atoms with van der Waals surface area (Å²) in [5.74, 6) is 0.814. The van der Waals surface area contributed by atoms with E-state index in [1.165, 1.54) is 0 Å². The molecule has 72 valence electrons. The maximum absolute atomic E-state index is 6.11. The highest BCUT2D eigenvalue weighted by molar-refractivity contribution is 6.33. The van der Waals surface area contributed by atoms with Gasteiger partial charge in [0, 0.05) is 5.56 Å². The topological polar surface area (TPSA) is 67.6 Å². The van der Waals surface area contributed by atoms with E-state index in [9.17, 15) is 0 Å². The lowest BCUT2D eigenvalue weighted by molar-refractivity contribution is 1.10. The van der Waals surface area contributed by atoms with Gasteiger partial charge in [0.25, 0.3) is 0 Å². The molecule has 0 aliphatic rings. The summed E-state index contributed by atoms with van der Waals surface area (Å²) in [5, 5.41) is 7.14. The van der Waals surface area contributed by atoms with Gasteiger partial charge in [-0.25, -0.2) is 0 Å². The zero-order valence-corrected chi connectivity index (χ0v) is 8.34. The number of anilines is 1. The van der Waals surface area contributed by atoms with Crippen LogP contribution < -0.4 is 5.73 Å². The van der Waals surface area contributed by atoms with Gasteiger partial charge in [0.1, 0.15) is 0 Å². The highest BCUT2D eigenvalue weighted by Gasteiger charge is 2.08. The van der Waals surface area contributed by atoms with Crippen molar-refractivity contribution in [1.29, 1.82) is 0 Å². The molecule has 2 rings (SSSR count). The molecular formula is C9H9ClN4. The molecule has 0 radical (unpaired) electrons. The highest BCUT2D eigenvalue weighted by atomic mass is 35.5. The number of benzene rings is 1. The van der Waals surface area contributed by atoms with Crippen molar-refractivity contribution < 1.29 is 0 Å². The van der Waals surface area contributed by atoms with Crippen molar-refractivity contribution in [1.82, 2.24) is 15.2 Å². The van der Waals surface area contributed by atoms with Gasteiger partial charge in [0.15, 0.2) is 5.82 Å². The van der Waals surface area contributed by atoms with Gasteiger partial charge < -0.3 is 5.73 Å². The van der Waals surface area contributed by atoms with E-state index < -0.39 is 0 Å². The minimum atomic E-state index is 0.220. The van der Waals surface area contributed by atoms with Crippen LogP contribution in [0.2, 0.25) is 5.02 Å². The summed E-state index contributed by atoms with van der Waals surface area (Å²) in [4.78, 5) is 4.01. The molecule has 5 heteroatoms. The molecular weight excluding hydrogens is 200 g/mol. The highest BCUT2D eigenvalue weighted by Crippen LogP contribution is 2.27. The molecule has 1 aromatic carbocycles. The number of hydrogen-bond donors (Lipinski definition) is 2. The fourth-order valence-electron chi connectivity index (χ4n) is 1.23. The lowest BCUT2D eigenvalue weighted by Crippen LogP contribution is -1.86. The third kappa shape index (κ3) is 1.44. The Balaban J connectivity index is 2.57. The first-order valence-corrected chi connectivity index (χ1v) is 4.49. The number of nitrogen functional groups attached to an aromatic ring is 1. The number of aromatic nitrogens is 3. The van der Waals surface area contributed by atoms with Crippen LogP contribution in [0.15, 0.2) is 18.2 Å². The Labute approximate surface area is 86.1 Å². The molecule has 0 unspecified atom stereocenters. The van der Waals surface area contributed by atoms with Crippen LogP contribution in [0.3, 0.4) is 0 Å². The second kappa shape index (κ2) is 3.31. The molecule has 0 amide bonds. The van der Waals surface area contributed by atoms with Crippen LogP contribution in [0.25, 0.3) is 11.4 Å². The fourth-order valence-corrected chi connectivity index (χ4v) is 1.44. The van der Waals surface area contributed by atoms with Gasteiger partial charge in [-0.1, -0.05) is 23.7 Å². The van der Waals surface area contributed by atoms with E-state index in [1.807, 2.05) is 25.1 Å². The van der Waals surface area contributed by atoms with Gasteiger partial charge in [0.05, 0.1) is 5.02 Å². The van der Waals surface area contributed by atoms with Crippen molar-refractivity contribution >= 4 is 17.5 Å². The lowest BCUT2D eigenvalue weighted by Gasteiger charge is -2.02. The number of hydrogen-bond acceptors (Lipinski definition) is 3. The normalized spacial score (nSPS) is 10.4. The number of nitrogens with one attached hydrogen (secondary N) is 1. The predicted octanol–water partition coefficient (Wildman–Crippen LogP) is 2.02. The average Bonchev–Trinajstić information content (AvgIpc) is 2.57. The zero-order chi connectivity index (χ0) is 10.1. The number of nitrogens with zero attached hydrogens (tertiary/aromatic N) is 2. The quantitative estimate of drug-likeness (QED) is 0.754. The van der Waals surface area contributed by atoms with Crippen LogP contribution in [-0.4, -0.2) is 15.2 Å². The van der Waals surface area contributed by atoms with Gasteiger partial charge in [-0.2, -0.15) is 4.98 Å². The summed E-state index contributed by atoms with van der Waals surface area (Å²) < 4.78 is 0. The van der Waals surface area contributed by atoms with E-state index in [0.29, 0.717) is 10.8 Å². The van der Waals surface area contributed by atoms with E-state index in [1.54, 1.807) is 0 Å². The minimum absolute atomic E-state index is 0.220. The Kier molecular flexibility index (Phi) is 2.13. The first-order chi connectivity index (χ1) is 6.68. The van der Waals surface area contributed by atoms with Crippen LogP contribution in [-0.2, 0) is 0 Å². The molecule has 0 fully saturated rings. The number of rotatable bonds is 1. The van der Waals surface area contributed by atoms with Gasteiger partial charge in [0.2, 0.25) is 5.95 Å². The predicted molar refractivity (Wildman–Crippen MR) is 56.0 cm³/mol. The van der Waals surface area contributed by atoms with Crippen molar-refractivity contribution in [2.45, 2.75) is 6.92 Å². The van der Waals surface area contributed by atoms with Crippen LogP contribution in [0.5, 0.6) is 0 Å². The van der Waals surface area contributed by atoms with E-state index in [0.717, 1.165) is 11.1 Å². The standard InChI is InChI=1S/C9H9ClN4/c1-5-3-2-4-6(7(5)10)8-12-9(11)14-13-8/h2-4H,1H3,(H3,11,12,13,14). The van der Waals surface area contributed by atoms with Crippen LogP contribution in [0, 0.1) is 6.92 Å². The summed E-state index contributed by atoms with van der Waals surface area (Å²) in [5.41, 5.74) is 7.22. The Bertz CT molecular complexity index is 464. The van der Waals surface area contributed by atoms with E-state index in [-0.39, 0.29) is 5.95 Å². The zero-order valence-electron chi connectivity index (χ0n) is 7.58. The molecule has 0 atom stereocenters. The Morgan fingerprint density at radius 3 is 2.86 bits per heavy atom. The summed E-state index contributed by atoms with van der Waals surface area (Å²) in [7, 11) is 0. The van der Waals surface area contributed by atoms with E-state index in [2.05, 4.69) is 15.2 Å². The smallest absolute Gasteiger partial charge is 0.239 e. The minimum Gasteiger partial charge on any atom is -0.366 e. The molecule has 0 aliphatic heterocycles. The van der Waals surface area contributed by atoms with Crippen molar-refractivity contribution in [2.24, 2.45) is 0 Å². The third-order valence-electron chi connectivity index (χ3n) is 1.95. The van der Waals surface area contributed by atoms with Crippen molar-refractivity contribution in [2.75, 3.05) is 5.73 Å². The number of nitrogens with two attached hydrogens (primary N) is 1. The Morgan fingerprint density at radius 2 is 2.21 bits per heavy atom. The molecule has 0 aliphatic carbocycles. The monoisotopic (exact) mass is 208 g/mol. The molecule has 3 N–H and O–H groups in total. The number of aryl methyl sites for hydroxylation is 1. The largest absolute Gasteiger partial charge is 0.366 e. The number of aromatic amines is 1. The average molecular weight is 209 g/mol. The lowest BCUT2D eigenvalue weighted by atomic mass is 10.1. The molecule has 4 nitrogen and oxygen atoms in total. The summed E-state index contributed by atoms with van der Waals surface area (Å²) in [6.07, 6.45) is 0. The maximum atomic E-state index is 6.11. The first kappa shape index (κ1) is 9.02. The van der Waals surface area contributed by atoms with Crippen molar-refractivity contribution in [3.05, 3.63) is 28.8 Å². The van der Waals surface area contributed by atoms with Gasteiger partial charge in [-0.3, -0.25) is 5.10 Å². The molecule has 0 saturated heterocycles. The van der Waals surface area contributed by atoms with Gasteiger partial charge >= 0.3 is 0 Å². The van der Waals surface area contributed by atoms with Crippen LogP contribution >= 0.6 is 11.6 Å². The molecule has 1 heterocycles. The molecule has 14 heavy (non-hydrogen) atoms. The van der Waals surface area contributed by atoms with E-state index >= 15 is 0 Å². The van der Waals surface area contributed by atoms with E-state index in [4.69, 9.17) is 17.3 Å². The molecule has 2 aromatic rings. The van der Waals surface area contributed by atoms with Crippen molar-refractivity contribution in [3.63, 3.8) is 0 Å². The molecule has 1 aromatic heterocycles. The maximum Gasteiger partial charge on any atom is 0.239 e. The first-order valence-electron chi connectivity index (χ1n) is 4.12. The van der Waals surface area contributed by atoms with Crippen LogP contribution in [0.4, 0.5) is 5.95 Å². The number of halogens is 1. The Morgan fingerprint density at radius 1 is 1.43 bits per heavy atom. The van der Waals surface area contributed by atoms with Gasteiger partial charge in [-0.15, -0.1) is 5.10 Å². The van der Waals surface area contributed by atoms with Crippen LogP contribution in [0.1, 0.15) is 5.56 Å².